The minimum atomic E-state index is -0.798. The van der Waals surface area contributed by atoms with Crippen molar-refractivity contribution in [1.29, 1.82) is 0 Å². The maximum Gasteiger partial charge on any atom is 0.304 e. The fraction of sp³-hybridized carbons (Fsp3) is 0.350. The van der Waals surface area contributed by atoms with Crippen molar-refractivity contribution in [2.75, 3.05) is 6.61 Å². The molecule has 0 aliphatic carbocycles. The van der Waals surface area contributed by atoms with Crippen LogP contribution in [0.1, 0.15) is 49.7 Å². The second kappa shape index (κ2) is 8.99. The first-order valence-electron chi connectivity index (χ1n) is 8.20. The van der Waals surface area contributed by atoms with Crippen LogP contribution in [0.25, 0.3) is 0 Å². The van der Waals surface area contributed by atoms with Gasteiger partial charge in [-0.05, 0) is 29.7 Å². The van der Waals surface area contributed by atoms with E-state index in [0.29, 0.717) is 6.61 Å². The van der Waals surface area contributed by atoms with Gasteiger partial charge in [-0.3, -0.25) is 4.79 Å². The van der Waals surface area contributed by atoms with Crippen LogP contribution < -0.4 is 4.74 Å². The zero-order valence-electron chi connectivity index (χ0n) is 13.6. The second-order valence-electron chi connectivity index (χ2n) is 5.69. The Hall–Kier alpha value is -2.29. The first kappa shape index (κ1) is 17.1. The maximum absolute atomic E-state index is 11.3. The van der Waals surface area contributed by atoms with Crippen molar-refractivity contribution in [3.8, 4) is 5.75 Å². The van der Waals surface area contributed by atoms with Crippen molar-refractivity contribution in [3.63, 3.8) is 0 Å². The summed E-state index contributed by atoms with van der Waals surface area (Å²) in [6.45, 7) is 2.86. The lowest BCUT2D eigenvalue weighted by Gasteiger charge is -2.17. The summed E-state index contributed by atoms with van der Waals surface area (Å²) in [7, 11) is 0. The molecule has 0 unspecified atom stereocenters. The van der Waals surface area contributed by atoms with E-state index in [-0.39, 0.29) is 12.3 Å². The van der Waals surface area contributed by atoms with Gasteiger partial charge in [-0.2, -0.15) is 0 Å². The molecule has 0 aromatic heterocycles. The highest BCUT2D eigenvalue weighted by atomic mass is 16.5. The molecule has 0 saturated heterocycles. The topological polar surface area (TPSA) is 46.5 Å². The molecule has 2 aromatic carbocycles. The van der Waals surface area contributed by atoms with Gasteiger partial charge in [0.25, 0.3) is 0 Å². The van der Waals surface area contributed by atoms with E-state index in [1.54, 1.807) is 0 Å². The van der Waals surface area contributed by atoms with Crippen LogP contribution in [0.5, 0.6) is 5.75 Å². The lowest BCUT2D eigenvalue weighted by molar-refractivity contribution is -0.137. The molecule has 2 rings (SSSR count). The van der Waals surface area contributed by atoms with Gasteiger partial charge in [-0.1, -0.05) is 62.2 Å². The summed E-state index contributed by atoms with van der Waals surface area (Å²) in [5.74, 6) is -0.147. The molecular weight excluding hydrogens is 288 g/mol. The van der Waals surface area contributed by atoms with Crippen LogP contribution in [0.2, 0.25) is 0 Å². The highest BCUT2D eigenvalue weighted by molar-refractivity contribution is 5.69. The lowest BCUT2D eigenvalue weighted by atomic mass is 9.88. The van der Waals surface area contributed by atoms with Crippen molar-refractivity contribution < 1.29 is 14.6 Å². The molecule has 0 aliphatic rings. The Bertz CT molecular complexity index is 607. The number of hydrogen-bond donors (Lipinski definition) is 1. The molecule has 0 bridgehead atoms. The number of ether oxygens (including phenoxy) is 1. The monoisotopic (exact) mass is 312 g/mol. The van der Waals surface area contributed by atoms with E-state index in [2.05, 4.69) is 6.92 Å². The second-order valence-corrected chi connectivity index (χ2v) is 5.69. The number of carboxylic acid groups (broad SMARTS) is 1. The Labute approximate surface area is 137 Å². The Morgan fingerprint density at radius 3 is 2.48 bits per heavy atom. The first-order chi connectivity index (χ1) is 11.2. The predicted molar refractivity (Wildman–Crippen MR) is 92.0 cm³/mol. The van der Waals surface area contributed by atoms with Crippen LogP contribution in [0.4, 0.5) is 0 Å². The van der Waals surface area contributed by atoms with E-state index >= 15 is 0 Å². The lowest BCUT2D eigenvalue weighted by Crippen LogP contribution is -2.08. The Morgan fingerprint density at radius 1 is 1.04 bits per heavy atom. The fourth-order valence-corrected chi connectivity index (χ4v) is 2.65. The summed E-state index contributed by atoms with van der Waals surface area (Å²) < 4.78 is 5.79. The molecule has 0 fully saturated rings. The summed E-state index contributed by atoms with van der Waals surface area (Å²) in [6, 6.07) is 17.6. The molecule has 0 saturated carbocycles. The van der Waals surface area contributed by atoms with E-state index in [9.17, 15) is 9.90 Å². The molecular formula is C20H24O3. The smallest absolute Gasteiger partial charge is 0.304 e. The van der Waals surface area contributed by atoms with Crippen LogP contribution in [0.3, 0.4) is 0 Å². The van der Waals surface area contributed by atoms with Gasteiger partial charge in [-0.15, -0.1) is 0 Å². The SMILES string of the molecule is CCCCCOc1cccc([C@@H](CC(=O)O)c2ccccc2)c1. The standard InChI is InChI=1S/C20H24O3/c1-2-3-7-13-23-18-12-8-11-17(14-18)19(15-20(21)22)16-9-5-4-6-10-16/h4-6,8-12,14,19H,2-3,7,13,15H2,1H3,(H,21,22)/t19-/m0/s1. The third kappa shape index (κ3) is 5.44. The van der Waals surface area contributed by atoms with Crippen molar-refractivity contribution in [3.05, 3.63) is 65.7 Å². The molecule has 0 radical (unpaired) electrons. The van der Waals surface area contributed by atoms with Crippen molar-refractivity contribution in [2.45, 2.75) is 38.5 Å². The van der Waals surface area contributed by atoms with Crippen LogP contribution in [-0.4, -0.2) is 17.7 Å². The normalized spacial score (nSPS) is 11.9. The molecule has 1 atom stereocenters. The number of carbonyl (C=O) groups is 1. The third-order valence-corrected chi connectivity index (χ3v) is 3.86. The number of unbranched alkanes of at least 4 members (excludes halogenated alkanes) is 2. The van der Waals surface area contributed by atoms with Crippen molar-refractivity contribution in [2.24, 2.45) is 0 Å². The van der Waals surface area contributed by atoms with E-state index < -0.39 is 5.97 Å². The molecule has 0 aliphatic heterocycles. The van der Waals surface area contributed by atoms with Crippen molar-refractivity contribution in [1.82, 2.24) is 0 Å². The average Bonchev–Trinajstić information content (AvgIpc) is 2.57. The van der Waals surface area contributed by atoms with Gasteiger partial charge in [0.05, 0.1) is 13.0 Å². The molecule has 0 spiro atoms. The third-order valence-electron chi connectivity index (χ3n) is 3.86. The molecule has 3 heteroatoms. The van der Waals surface area contributed by atoms with Crippen molar-refractivity contribution >= 4 is 5.97 Å². The predicted octanol–water partition coefficient (Wildman–Crippen LogP) is 4.86. The molecule has 0 heterocycles. The minimum absolute atomic E-state index is 0.0727. The molecule has 2 aromatic rings. The number of benzene rings is 2. The van der Waals surface area contributed by atoms with Gasteiger partial charge in [0.1, 0.15) is 5.75 Å². The molecule has 3 nitrogen and oxygen atoms in total. The quantitative estimate of drug-likeness (QED) is 0.672. The summed E-state index contributed by atoms with van der Waals surface area (Å²) in [5.41, 5.74) is 1.99. The van der Waals surface area contributed by atoms with Crippen LogP contribution >= 0.6 is 0 Å². The molecule has 0 amide bonds. The summed E-state index contributed by atoms with van der Waals surface area (Å²) in [6.07, 6.45) is 3.44. The minimum Gasteiger partial charge on any atom is -0.494 e. The molecule has 122 valence electrons. The first-order valence-corrected chi connectivity index (χ1v) is 8.20. The van der Waals surface area contributed by atoms with Gasteiger partial charge < -0.3 is 9.84 Å². The summed E-state index contributed by atoms with van der Waals surface area (Å²) in [5, 5.41) is 9.25. The van der Waals surface area contributed by atoms with Gasteiger partial charge in [0.2, 0.25) is 0 Å². The van der Waals surface area contributed by atoms with Gasteiger partial charge >= 0.3 is 5.97 Å². The van der Waals surface area contributed by atoms with Gasteiger partial charge in [0.15, 0.2) is 0 Å². The van der Waals surface area contributed by atoms with E-state index in [1.165, 1.54) is 0 Å². The molecule has 1 N–H and O–H groups in total. The fourth-order valence-electron chi connectivity index (χ4n) is 2.65. The zero-order valence-corrected chi connectivity index (χ0v) is 13.6. The van der Waals surface area contributed by atoms with E-state index in [4.69, 9.17) is 4.74 Å². The maximum atomic E-state index is 11.3. The van der Waals surface area contributed by atoms with E-state index in [0.717, 1.165) is 36.1 Å². The molecule has 23 heavy (non-hydrogen) atoms. The Balaban J connectivity index is 2.16. The Kier molecular flexibility index (Phi) is 6.67. The van der Waals surface area contributed by atoms with Crippen LogP contribution in [0.15, 0.2) is 54.6 Å². The van der Waals surface area contributed by atoms with E-state index in [1.807, 2.05) is 54.6 Å². The highest BCUT2D eigenvalue weighted by Gasteiger charge is 2.18. The average molecular weight is 312 g/mol. The summed E-state index contributed by atoms with van der Waals surface area (Å²) in [4.78, 5) is 11.3. The van der Waals surface area contributed by atoms with Gasteiger partial charge in [0, 0.05) is 5.92 Å². The highest BCUT2D eigenvalue weighted by Crippen LogP contribution is 2.30. The summed E-state index contributed by atoms with van der Waals surface area (Å²) >= 11 is 0. The zero-order chi connectivity index (χ0) is 16.5. The Morgan fingerprint density at radius 2 is 1.78 bits per heavy atom. The number of rotatable bonds is 9. The van der Waals surface area contributed by atoms with Crippen LogP contribution in [-0.2, 0) is 4.79 Å². The van der Waals surface area contributed by atoms with Gasteiger partial charge in [-0.25, -0.2) is 0 Å². The number of carboxylic acids is 1. The largest absolute Gasteiger partial charge is 0.494 e. The number of aliphatic carboxylic acids is 1. The van der Waals surface area contributed by atoms with Crippen LogP contribution in [0, 0.1) is 0 Å². The number of hydrogen-bond acceptors (Lipinski definition) is 2.